The number of aliphatic hydroxyl groups excluding tert-OH is 1. The highest BCUT2D eigenvalue weighted by Gasteiger charge is 2.40. The number of piperidine rings is 1. The number of aliphatic hydroxyl groups is 1. The number of hydrogen-bond donors (Lipinski definition) is 1. The van der Waals surface area contributed by atoms with Crippen LogP contribution < -0.4 is 9.64 Å². The molecule has 0 atom stereocenters. The van der Waals surface area contributed by atoms with Crippen molar-refractivity contribution in [1.29, 1.82) is 0 Å². The van der Waals surface area contributed by atoms with Crippen LogP contribution in [0.3, 0.4) is 0 Å². The van der Waals surface area contributed by atoms with Gasteiger partial charge in [0.25, 0.3) is 0 Å². The quantitative estimate of drug-likeness (QED) is 0.813. The van der Waals surface area contributed by atoms with Gasteiger partial charge in [-0.1, -0.05) is 18.2 Å². The lowest BCUT2D eigenvalue weighted by Crippen LogP contribution is -2.57. The predicted octanol–water partition coefficient (Wildman–Crippen LogP) is 1.72. The minimum atomic E-state index is -0.110. The summed E-state index contributed by atoms with van der Waals surface area (Å²) in [6.45, 7) is 5.58. The summed E-state index contributed by atoms with van der Waals surface area (Å²) in [5, 5.41) is 9.02. The summed E-state index contributed by atoms with van der Waals surface area (Å²) in [5.41, 5.74) is 1.05. The van der Waals surface area contributed by atoms with Crippen LogP contribution in [0.5, 0.6) is 5.75 Å². The molecular formula is C21H28N4O3. The number of benzene rings is 1. The molecule has 3 heterocycles. The van der Waals surface area contributed by atoms with Crippen molar-refractivity contribution in [2.24, 2.45) is 0 Å². The zero-order valence-electron chi connectivity index (χ0n) is 16.2. The van der Waals surface area contributed by atoms with Gasteiger partial charge in [-0.3, -0.25) is 4.90 Å². The average Bonchev–Trinajstić information content (AvgIpc) is 2.76. The highest BCUT2D eigenvalue weighted by atomic mass is 16.5. The monoisotopic (exact) mass is 384 g/mol. The van der Waals surface area contributed by atoms with E-state index < -0.39 is 0 Å². The zero-order valence-corrected chi connectivity index (χ0v) is 16.2. The van der Waals surface area contributed by atoms with E-state index in [0.29, 0.717) is 6.61 Å². The maximum atomic E-state index is 9.02. The first-order chi connectivity index (χ1) is 13.8. The number of hydrogen-bond acceptors (Lipinski definition) is 7. The Labute approximate surface area is 165 Å². The lowest BCUT2D eigenvalue weighted by atomic mass is 9.89. The van der Waals surface area contributed by atoms with Crippen molar-refractivity contribution in [3.63, 3.8) is 0 Å². The van der Waals surface area contributed by atoms with Crippen LogP contribution >= 0.6 is 0 Å². The molecule has 2 aliphatic heterocycles. The number of ether oxygens (including phenoxy) is 2. The lowest BCUT2D eigenvalue weighted by Gasteiger charge is -2.47. The average molecular weight is 384 g/mol. The standard InChI is InChI=1S/C21H28N4O3/c26-13-15-27-19-5-2-1-4-18(19)16-24-10-6-21(7-11-24)17-25(12-14-28-21)20-22-8-3-9-23-20/h1-5,8-9,26H,6-7,10-17H2. The van der Waals surface area contributed by atoms with Crippen molar-refractivity contribution in [3.05, 3.63) is 48.3 Å². The van der Waals surface area contributed by atoms with E-state index in [9.17, 15) is 0 Å². The Morgan fingerprint density at radius 1 is 1.07 bits per heavy atom. The van der Waals surface area contributed by atoms with Gasteiger partial charge in [-0.2, -0.15) is 0 Å². The molecule has 1 spiro atoms. The van der Waals surface area contributed by atoms with Crippen LogP contribution in [0.4, 0.5) is 5.95 Å². The second kappa shape index (κ2) is 8.86. The SMILES string of the molecule is OCCOc1ccccc1CN1CCC2(CC1)CN(c1ncccn1)CCO2. The molecule has 1 aromatic carbocycles. The number of nitrogens with zero attached hydrogens (tertiary/aromatic N) is 4. The van der Waals surface area contributed by atoms with Crippen LogP contribution in [0, 0.1) is 0 Å². The number of aromatic nitrogens is 2. The van der Waals surface area contributed by atoms with E-state index in [0.717, 1.165) is 69.4 Å². The molecule has 28 heavy (non-hydrogen) atoms. The van der Waals surface area contributed by atoms with Gasteiger partial charge >= 0.3 is 0 Å². The van der Waals surface area contributed by atoms with Crippen molar-refractivity contribution < 1.29 is 14.6 Å². The molecule has 7 nitrogen and oxygen atoms in total. The molecule has 4 rings (SSSR count). The van der Waals surface area contributed by atoms with Crippen LogP contribution in [-0.2, 0) is 11.3 Å². The number of morpholine rings is 1. The van der Waals surface area contributed by atoms with E-state index >= 15 is 0 Å². The third-order valence-corrected chi connectivity index (χ3v) is 5.57. The Morgan fingerprint density at radius 3 is 2.64 bits per heavy atom. The lowest BCUT2D eigenvalue weighted by molar-refractivity contribution is -0.0924. The van der Waals surface area contributed by atoms with Crippen LogP contribution in [0.15, 0.2) is 42.7 Å². The van der Waals surface area contributed by atoms with E-state index in [1.54, 1.807) is 12.4 Å². The van der Waals surface area contributed by atoms with E-state index in [1.165, 1.54) is 0 Å². The topological polar surface area (TPSA) is 71.0 Å². The molecule has 1 N–H and O–H groups in total. The summed E-state index contributed by atoms with van der Waals surface area (Å²) in [4.78, 5) is 13.5. The minimum absolute atomic E-state index is 0.0273. The van der Waals surface area contributed by atoms with E-state index in [-0.39, 0.29) is 12.2 Å². The number of rotatable bonds is 6. The first kappa shape index (κ1) is 19.1. The molecule has 2 fully saturated rings. The molecule has 2 aliphatic rings. The van der Waals surface area contributed by atoms with E-state index in [2.05, 4.69) is 25.8 Å². The van der Waals surface area contributed by atoms with Gasteiger partial charge < -0.3 is 19.5 Å². The number of anilines is 1. The van der Waals surface area contributed by atoms with Crippen LogP contribution in [0.25, 0.3) is 0 Å². The molecule has 0 radical (unpaired) electrons. The largest absolute Gasteiger partial charge is 0.491 e. The van der Waals surface area contributed by atoms with Crippen molar-refractivity contribution in [1.82, 2.24) is 14.9 Å². The minimum Gasteiger partial charge on any atom is -0.491 e. The van der Waals surface area contributed by atoms with Crippen molar-refractivity contribution >= 4 is 5.95 Å². The first-order valence-corrected chi connectivity index (χ1v) is 9.98. The molecule has 2 aromatic rings. The van der Waals surface area contributed by atoms with Crippen LogP contribution in [0.2, 0.25) is 0 Å². The fourth-order valence-electron chi connectivity index (χ4n) is 4.06. The Morgan fingerprint density at radius 2 is 1.86 bits per heavy atom. The molecular weight excluding hydrogens is 356 g/mol. The summed E-state index contributed by atoms with van der Waals surface area (Å²) in [5.74, 6) is 1.65. The second-order valence-corrected chi connectivity index (χ2v) is 7.46. The first-order valence-electron chi connectivity index (χ1n) is 9.98. The van der Waals surface area contributed by atoms with Gasteiger partial charge in [-0.15, -0.1) is 0 Å². The van der Waals surface area contributed by atoms with Gasteiger partial charge in [0.2, 0.25) is 5.95 Å². The maximum Gasteiger partial charge on any atom is 0.225 e. The normalized spacial score (nSPS) is 19.7. The molecule has 0 aliphatic carbocycles. The van der Waals surface area contributed by atoms with Gasteiger partial charge in [0.05, 0.1) is 25.4 Å². The Balaban J connectivity index is 1.36. The van der Waals surface area contributed by atoms with Crippen LogP contribution in [0.1, 0.15) is 18.4 Å². The molecule has 2 saturated heterocycles. The van der Waals surface area contributed by atoms with Gasteiger partial charge in [-0.05, 0) is 25.0 Å². The highest BCUT2D eigenvalue weighted by molar-refractivity contribution is 5.33. The second-order valence-electron chi connectivity index (χ2n) is 7.46. The van der Waals surface area contributed by atoms with E-state index in [1.807, 2.05) is 24.3 Å². The van der Waals surface area contributed by atoms with Crippen molar-refractivity contribution in [2.45, 2.75) is 25.0 Å². The molecule has 0 amide bonds. The smallest absolute Gasteiger partial charge is 0.225 e. The zero-order chi connectivity index (χ0) is 19.2. The van der Waals surface area contributed by atoms with Gasteiger partial charge in [0.1, 0.15) is 12.4 Å². The fourth-order valence-corrected chi connectivity index (χ4v) is 4.06. The van der Waals surface area contributed by atoms with Crippen molar-refractivity contribution in [2.75, 3.05) is 50.9 Å². The number of likely N-dealkylation sites (tertiary alicyclic amines) is 1. The van der Waals surface area contributed by atoms with Gasteiger partial charge in [0.15, 0.2) is 0 Å². The Hall–Kier alpha value is -2.22. The van der Waals surface area contributed by atoms with Crippen molar-refractivity contribution in [3.8, 4) is 5.75 Å². The summed E-state index contributed by atoms with van der Waals surface area (Å²) in [7, 11) is 0. The molecule has 0 unspecified atom stereocenters. The maximum absolute atomic E-state index is 9.02. The molecule has 0 saturated carbocycles. The summed E-state index contributed by atoms with van der Waals surface area (Å²) < 4.78 is 11.9. The predicted molar refractivity (Wildman–Crippen MR) is 106 cm³/mol. The molecule has 1 aromatic heterocycles. The number of para-hydroxylation sites is 1. The third-order valence-electron chi connectivity index (χ3n) is 5.57. The molecule has 0 bridgehead atoms. The van der Waals surface area contributed by atoms with Gasteiger partial charge in [0, 0.05) is 44.1 Å². The summed E-state index contributed by atoms with van der Waals surface area (Å²) in [6.07, 6.45) is 5.58. The third kappa shape index (κ3) is 4.43. The molecule has 150 valence electrons. The molecule has 7 heteroatoms. The van der Waals surface area contributed by atoms with E-state index in [4.69, 9.17) is 14.6 Å². The summed E-state index contributed by atoms with van der Waals surface area (Å²) >= 11 is 0. The van der Waals surface area contributed by atoms with Crippen LogP contribution in [-0.4, -0.2) is 71.6 Å². The highest BCUT2D eigenvalue weighted by Crippen LogP contribution is 2.32. The van der Waals surface area contributed by atoms with Gasteiger partial charge in [-0.25, -0.2) is 9.97 Å². The Kier molecular flexibility index (Phi) is 6.04. The Bertz CT molecular complexity index is 750. The fraction of sp³-hybridized carbons (Fsp3) is 0.524. The summed E-state index contributed by atoms with van der Waals surface area (Å²) in [6, 6.07) is 9.92.